The minimum absolute atomic E-state index is 0.00199. The zero-order valence-corrected chi connectivity index (χ0v) is 36.4. The number of nitrogens with one attached hydrogen (secondary N) is 3. The van der Waals surface area contributed by atoms with Gasteiger partial charge in [0.15, 0.2) is 6.61 Å². The van der Waals surface area contributed by atoms with Gasteiger partial charge in [-0.05, 0) is 116 Å². The molecule has 3 aliphatic rings. The van der Waals surface area contributed by atoms with Crippen molar-refractivity contribution in [2.75, 3.05) is 58.0 Å². The molecule has 5 amide bonds. The van der Waals surface area contributed by atoms with Crippen LogP contribution in [0.25, 0.3) is 10.9 Å². The number of rotatable bonds is 19. The van der Waals surface area contributed by atoms with Crippen molar-refractivity contribution in [3.05, 3.63) is 95.9 Å². The van der Waals surface area contributed by atoms with Crippen LogP contribution in [0.4, 0.5) is 10.1 Å². The average Bonchev–Trinajstić information content (AvgIpc) is 3.31. The topological polar surface area (TPSA) is 174 Å². The summed E-state index contributed by atoms with van der Waals surface area (Å²) in [5.74, 6) is 0.221. The van der Waals surface area contributed by atoms with Gasteiger partial charge in [0.1, 0.15) is 23.4 Å². The van der Waals surface area contributed by atoms with Gasteiger partial charge in [0.25, 0.3) is 5.91 Å². The second kappa shape index (κ2) is 22.6. The number of anilines is 1. The van der Waals surface area contributed by atoms with Gasteiger partial charge in [-0.15, -0.1) is 0 Å². The summed E-state index contributed by atoms with van der Waals surface area (Å²) in [4.78, 5) is 67.9. The fraction of sp³-hybridized carbons (Fsp3) is 0.469. The van der Waals surface area contributed by atoms with Crippen LogP contribution in [0.5, 0.6) is 11.5 Å². The summed E-state index contributed by atoms with van der Waals surface area (Å²) < 4.78 is 36.9. The summed E-state index contributed by atoms with van der Waals surface area (Å²) in [7, 11) is 0. The number of ether oxygens (including phenoxy) is 4. The second-order valence-electron chi connectivity index (χ2n) is 16.9. The maximum Gasteiger partial charge on any atom is 0.258 e. The molecule has 1 saturated carbocycles. The molecule has 1 aliphatic carbocycles. The van der Waals surface area contributed by atoms with E-state index < -0.39 is 0 Å². The minimum Gasteiger partial charge on any atom is -0.490 e. The van der Waals surface area contributed by atoms with Crippen LogP contribution in [0.2, 0.25) is 0 Å². The highest BCUT2D eigenvalue weighted by Gasteiger charge is 2.31. The van der Waals surface area contributed by atoms with E-state index in [2.05, 4.69) is 20.9 Å². The van der Waals surface area contributed by atoms with E-state index in [0.717, 1.165) is 72.0 Å². The van der Waals surface area contributed by atoms with E-state index in [9.17, 15) is 28.4 Å². The maximum atomic E-state index is 14.0. The minimum atomic E-state index is -0.377. The molecule has 3 heterocycles. The standard InChI is InChI=1S/C49H58FN5O9/c1-32(33-2-4-34(5-3-33)41-18-22-51-44-16-8-36(50)30-43(41)44)48(59)53-37-9-13-39(14-10-37)64-40-19-24-55(25-20-40)47(58)21-26-61-28-29-62-27-23-52-46(57)31-63-38-11-6-35(7-12-38)42-15-17-45(56)54-49(42)60/h6-14,16,18,22,30,32-34,40,42H,2-5,15,17,19-21,23-29,31H2,1H3,(H,52,57)(H,53,59)(H,54,56,60)/t32-,33?,34?,42?/m1/s1. The van der Waals surface area contributed by atoms with Crippen molar-refractivity contribution in [1.82, 2.24) is 20.5 Å². The summed E-state index contributed by atoms with van der Waals surface area (Å²) >= 11 is 0. The summed E-state index contributed by atoms with van der Waals surface area (Å²) in [5, 5.41) is 9.04. The third-order valence-electron chi connectivity index (χ3n) is 12.6. The molecular formula is C49H58FN5O9. The van der Waals surface area contributed by atoms with Crippen LogP contribution < -0.4 is 25.4 Å². The molecule has 340 valence electrons. The first-order chi connectivity index (χ1) is 31.1. The molecule has 0 bridgehead atoms. The molecule has 64 heavy (non-hydrogen) atoms. The Labute approximate surface area is 372 Å². The number of nitrogens with zero attached hydrogens (tertiary/aromatic N) is 2. The van der Waals surface area contributed by atoms with Crippen molar-refractivity contribution >= 4 is 46.1 Å². The number of amides is 5. The molecule has 4 aromatic rings. The zero-order valence-electron chi connectivity index (χ0n) is 36.4. The average molecular weight is 880 g/mol. The number of hydrogen-bond acceptors (Lipinski definition) is 10. The van der Waals surface area contributed by atoms with Crippen molar-refractivity contribution in [3.8, 4) is 11.5 Å². The number of halogens is 1. The van der Waals surface area contributed by atoms with Crippen LogP contribution in [0.15, 0.2) is 79.0 Å². The van der Waals surface area contributed by atoms with Crippen molar-refractivity contribution in [2.45, 2.75) is 82.7 Å². The van der Waals surface area contributed by atoms with Gasteiger partial charge in [0.05, 0.1) is 44.3 Å². The molecule has 2 atom stereocenters. The van der Waals surface area contributed by atoms with Crippen molar-refractivity contribution in [2.24, 2.45) is 11.8 Å². The lowest BCUT2D eigenvalue weighted by molar-refractivity contribution is -0.135. The Hall–Kier alpha value is -5.93. The fourth-order valence-electron chi connectivity index (χ4n) is 8.84. The van der Waals surface area contributed by atoms with E-state index in [1.54, 1.807) is 42.6 Å². The normalized spacial score (nSPS) is 19.7. The Morgan fingerprint density at radius 1 is 0.844 bits per heavy atom. The number of pyridine rings is 1. The highest BCUT2D eigenvalue weighted by atomic mass is 19.1. The van der Waals surface area contributed by atoms with Crippen LogP contribution >= 0.6 is 0 Å². The van der Waals surface area contributed by atoms with Crippen molar-refractivity contribution < 1.29 is 47.3 Å². The third-order valence-corrected chi connectivity index (χ3v) is 12.6. The van der Waals surface area contributed by atoms with Gasteiger partial charge in [0, 0.05) is 62.1 Å². The maximum absolute atomic E-state index is 14.0. The Bertz CT molecular complexity index is 2220. The number of carbonyl (C=O) groups is 5. The third kappa shape index (κ3) is 12.8. The Kier molecular flexibility index (Phi) is 16.3. The van der Waals surface area contributed by atoms with Gasteiger partial charge >= 0.3 is 0 Å². The van der Waals surface area contributed by atoms with Crippen LogP contribution in [-0.4, -0.2) is 98.2 Å². The molecule has 1 aromatic heterocycles. The predicted molar refractivity (Wildman–Crippen MR) is 237 cm³/mol. The van der Waals surface area contributed by atoms with E-state index in [-0.39, 0.29) is 78.8 Å². The van der Waals surface area contributed by atoms with Crippen molar-refractivity contribution in [1.29, 1.82) is 0 Å². The molecule has 14 nitrogen and oxygen atoms in total. The quantitative estimate of drug-likeness (QED) is 0.0704. The molecule has 2 saturated heterocycles. The molecule has 0 radical (unpaired) electrons. The van der Waals surface area contributed by atoms with Gasteiger partial charge in [-0.25, -0.2) is 4.39 Å². The van der Waals surface area contributed by atoms with Crippen LogP contribution in [-0.2, 0) is 33.4 Å². The Morgan fingerprint density at radius 3 is 2.30 bits per heavy atom. The summed E-state index contributed by atoms with van der Waals surface area (Å²) in [6, 6.07) is 21.1. The number of piperidine rings is 2. The van der Waals surface area contributed by atoms with E-state index in [1.165, 1.54) is 6.07 Å². The molecule has 3 fully saturated rings. The zero-order chi connectivity index (χ0) is 44.8. The summed E-state index contributed by atoms with van der Waals surface area (Å²) in [5.41, 5.74) is 3.46. The van der Waals surface area contributed by atoms with Gasteiger partial charge in [-0.2, -0.15) is 0 Å². The predicted octanol–water partition coefficient (Wildman–Crippen LogP) is 6.43. The highest BCUT2D eigenvalue weighted by molar-refractivity contribution is 6.01. The lowest BCUT2D eigenvalue weighted by atomic mass is 9.73. The Morgan fingerprint density at radius 2 is 1.56 bits per heavy atom. The van der Waals surface area contributed by atoms with Gasteiger partial charge < -0.3 is 34.5 Å². The lowest BCUT2D eigenvalue weighted by Crippen LogP contribution is -2.42. The highest BCUT2D eigenvalue weighted by Crippen LogP contribution is 2.41. The van der Waals surface area contributed by atoms with Gasteiger partial charge in [-0.1, -0.05) is 19.1 Å². The molecule has 1 unspecified atom stereocenters. The number of hydrogen-bond donors (Lipinski definition) is 3. The first-order valence-electron chi connectivity index (χ1n) is 22.5. The first-order valence-corrected chi connectivity index (χ1v) is 22.5. The largest absolute Gasteiger partial charge is 0.490 e. The first kappa shape index (κ1) is 46.1. The van der Waals surface area contributed by atoms with Crippen LogP contribution in [0.3, 0.4) is 0 Å². The second-order valence-corrected chi connectivity index (χ2v) is 16.9. The van der Waals surface area contributed by atoms with Crippen LogP contribution in [0, 0.1) is 17.7 Å². The molecule has 7 rings (SSSR count). The van der Waals surface area contributed by atoms with E-state index in [1.807, 2.05) is 42.2 Å². The molecule has 2 aliphatic heterocycles. The monoisotopic (exact) mass is 879 g/mol. The SMILES string of the molecule is C[C@@H](C(=O)Nc1ccc(OC2CCN(C(=O)CCOCCOCCNC(=O)COc3ccc(C4CCC(=O)NC4=O)cc3)CC2)cc1)C1CCC(c2ccnc3ccc(F)cc23)CC1. The molecule has 15 heteroatoms. The molecule has 3 N–H and O–H groups in total. The number of benzene rings is 3. The lowest BCUT2D eigenvalue weighted by Gasteiger charge is -2.32. The number of likely N-dealkylation sites (tertiary alicyclic amines) is 1. The Balaban J connectivity index is 0.696. The fourth-order valence-corrected chi connectivity index (χ4v) is 8.84. The number of imide groups is 1. The van der Waals surface area contributed by atoms with E-state index in [0.29, 0.717) is 64.0 Å². The number of aromatic nitrogens is 1. The van der Waals surface area contributed by atoms with E-state index >= 15 is 0 Å². The smallest absolute Gasteiger partial charge is 0.258 e. The molecule has 0 spiro atoms. The summed E-state index contributed by atoms with van der Waals surface area (Å²) in [6.07, 6.45) is 8.03. The summed E-state index contributed by atoms with van der Waals surface area (Å²) in [6.45, 7) is 4.58. The molecule has 3 aromatic carbocycles. The van der Waals surface area contributed by atoms with Crippen LogP contribution in [0.1, 0.15) is 87.7 Å². The molecular weight excluding hydrogens is 822 g/mol. The van der Waals surface area contributed by atoms with Gasteiger partial charge in [-0.3, -0.25) is 34.3 Å². The number of fused-ring (bicyclic) bond motifs is 1. The number of carbonyl (C=O) groups excluding carboxylic acids is 5. The van der Waals surface area contributed by atoms with Crippen molar-refractivity contribution in [3.63, 3.8) is 0 Å². The van der Waals surface area contributed by atoms with Gasteiger partial charge in [0.2, 0.25) is 23.6 Å². The van der Waals surface area contributed by atoms with E-state index in [4.69, 9.17) is 18.9 Å².